The monoisotopic (exact) mass is 278 g/mol. The van der Waals surface area contributed by atoms with E-state index in [1.807, 2.05) is 19.9 Å². The number of rotatable bonds is 3. The molecule has 3 nitrogen and oxygen atoms in total. The van der Waals surface area contributed by atoms with Crippen molar-refractivity contribution in [3.63, 3.8) is 0 Å². The topological polar surface area (TPSA) is 41.1 Å². The van der Waals surface area contributed by atoms with Gasteiger partial charge in [-0.05, 0) is 57.9 Å². The van der Waals surface area contributed by atoms with Crippen LogP contribution in [-0.4, -0.2) is 18.5 Å². The molecule has 4 heteroatoms. The van der Waals surface area contributed by atoms with Gasteiger partial charge in [-0.3, -0.25) is 4.79 Å². The van der Waals surface area contributed by atoms with Crippen molar-refractivity contribution in [3.05, 3.63) is 35.6 Å². The number of amides is 1. The molecule has 0 saturated carbocycles. The van der Waals surface area contributed by atoms with Gasteiger partial charge in [-0.1, -0.05) is 12.1 Å². The predicted molar refractivity (Wildman–Crippen MR) is 77.8 cm³/mol. The van der Waals surface area contributed by atoms with Crippen molar-refractivity contribution >= 4 is 5.91 Å². The molecule has 110 valence electrons. The molecule has 20 heavy (non-hydrogen) atoms. The summed E-state index contributed by atoms with van der Waals surface area (Å²) < 4.78 is 13.3. The largest absolute Gasteiger partial charge is 0.347 e. The molecule has 0 aliphatic carbocycles. The molecular weight excluding hydrogens is 255 g/mol. The molecule has 2 N–H and O–H groups in total. The number of hydrogen-bond donors (Lipinski definition) is 2. The minimum Gasteiger partial charge on any atom is -0.347 e. The number of carbonyl (C=O) groups is 1. The highest BCUT2D eigenvalue weighted by Gasteiger charge is 2.30. The summed E-state index contributed by atoms with van der Waals surface area (Å²) in [5.74, 6) is -0.174. The number of piperidine rings is 1. The maximum absolute atomic E-state index is 13.3. The van der Waals surface area contributed by atoms with Gasteiger partial charge in [0, 0.05) is 12.0 Å². The van der Waals surface area contributed by atoms with Crippen LogP contribution in [0.2, 0.25) is 0 Å². The predicted octanol–water partition coefficient (Wildman–Crippen LogP) is 2.57. The van der Waals surface area contributed by atoms with Crippen LogP contribution in [0.5, 0.6) is 0 Å². The van der Waals surface area contributed by atoms with Crippen LogP contribution in [-0.2, 0) is 10.3 Å². The van der Waals surface area contributed by atoms with Crippen LogP contribution in [0.15, 0.2) is 24.3 Å². The number of benzene rings is 1. The lowest BCUT2D eigenvalue weighted by atomic mass is 9.89. The zero-order valence-electron chi connectivity index (χ0n) is 12.4. The molecule has 1 heterocycles. The van der Waals surface area contributed by atoms with Crippen LogP contribution in [0.4, 0.5) is 4.39 Å². The van der Waals surface area contributed by atoms with Crippen LogP contribution in [0.25, 0.3) is 0 Å². The van der Waals surface area contributed by atoms with E-state index < -0.39 is 5.54 Å². The molecule has 1 amide bonds. The first-order chi connectivity index (χ1) is 9.38. The average molecular weight is 278 g/mol. The lowest BCUT2D eigenvalue weighted by Gasteiger charge is -2.32. The molecule has 0 aromatic heterocycles. The van der Waals surface area contributed by atoms with E-state index in [9.17, 15) is 9.18 Å². The van der Waals surface area contributed by atoms with Gasteiger partial charge in [0.05, 0.1) is 5.54 Å². The fraction of sp³-hybridized carbons (Fsp3) is 0.562. The van der Waals surface area contributed by atoms with Crippen molar-refractivity contribution in [3.8, 4) is 0 Å². The molecule has 0 spiro atoms. The van der Waals surface area contributed by atoms with Crippen molar-refractivity contribution < 1.29 is 9.18 Å². The minimum absolute atomic E-state index is 0.0408. The molecule has 1 aromatic rings. The van der Waals surface area contributed by atoms with Gasteiger partial charge in [0.15, 0.2) is 0 Å². The van der Waals surface area contributed by atoms with E-state index in [0.717, 1.165) is 24.9 Å². The van der Waals surface area contributed by atoms with Gasteiger partial charge < -0.3 is 10.6 Å². The molecule has 0 radical (unpaired) electrons. The van der Waals surface area contributed by atoms with Gasteiger partial charge in [0.1, 0.15) is 5.82 Å². The van der Waals surface area contributed by atoms with Gasteiger partial charge in [-0.15, -0.1) is 0 Å². The molecule has 0 bridgehead atoms. The molecule has 0 unspecified atom stereocenters. The van der Waals surface area contributed by atoms with E-state index in [1.165, 1.54) is 12.1 Å². The first kappa shape index (κ1) is 15.0. The summed E-state index contributed by atoms with van der Waals surface area (Å²) in [6, 6.07) is 6.78. The van der Waals surface area contributed by atoms with Gasteiger partial charge in [-0.2, -0.15) is 0 Å². The normalized spacial score (nSPS) is 23.4. The summed E-state index contributed by atoms with van der Waals surface area (Å²) in [5, 5.41) is 6.40. The number of hydrogen-bond acceptors (Lipinski definition) is 2. The molecule has 2 rings (SSSR count). The zero-order valence-corrected chi connectivity index (χ0v) is 12.4. The van der Waals surface area contributed by atoms with Crippen LogP contribution in [0.3, 0.4) is 0 Å². The first-order valence-electron chi connectivity index (χ1n) is 7.20. The Morgan fingerprint density at radius 2 is 2.20 bits per heavy atom. The maximum Gasteiger partial charge on any atom is 0.223 e. The van der Waals surface area contributed by atoms with Crippen LogP contribution in [0.1, 0.15) is 39.2 Å². The van der Waals surface area contributed by atoms with Gasteiger partial charge >= 0.3 is 0 Å². The lowest BCUT2D eigenvalue weighted by molar-refractivity contribution is -0.127. The second kappa shape index (κ2) is 5.92. The Hall–Kier alpha value is -1.42. The van der Waals surface area contributed by atoms with Gasteiger partial charge in [-0.25, -0.2) is 4.39 Å². The summed E-state index contributed by atoms with van der Waals surface area (Å²) >= 11 is 0. The summed E-state index contributed by atoms with van der Waals surface area (Å²) in [4.78, 5) is 12.4. The molecule has 1 aliphatic heterocycles. The highest BCUT2D eigenvalue weighted by molar-refractivity contribution is 5.79. The fourth-order valence-corrected chi connectivity index (χ4v) is 2.73. The lowest BCUT2D eigenvalue weighted by Crippen LogP contribution is -2.48. The van der Waals surface area contributed by atoms with E-state index in [1.54, 1.807) is 6.07 Å². The van der Waals surface area contributed by atoms with Crippen molar-refractivity contribution in [2.75, 3.05) is 6.54 Å². The molecule has 2 atom stereocenters. The fourth-order valence-electron chi connectivity index (χ4n) is 2.73. The summed E-state index contributed by atoms with van der Waals surface area (Å²) in [5.41, 5.74) is 0.223. The Morgan fingerprint density at radius 1 is 1.45 bits per heavy atom. The molecule has 1 aliphatic rings. The first-order valence-corrected chi connectivity index (χ1v) is 7.20. The van der Waals surface area contributed by atoms with E-state index in [0.29, 0.717) is 6.04 Å². The SMILES string of the molecule is C[C@H]1C[C@@H](C(=O)NC(C)(C)c2cccc(F)c2)CCN1. The molecular formula is C16H23FN2O. The van der Waals surface area contributed by atoms with Gasteiger partial charge in [0.25, 0.3) is 0 Å². The quantitative estimate of drug-likeness (QED) is 0.892. The van der Waals surface area contributed by atoms with Crippen LogP contribution < -0.4 is 10.6 Å². The third-order valence-corrected chi connectivity index (χ3v) is 3.98. The number of nitrogens with one attached hydrogen (secondary N) is 2. The Morgan fingerprint density at radius 3 is 2.85 bits per heavy atom. The van der Waals surface area contributed by atoms with E-state index >= 15 is 0 Å². The second-order valence-corrected chi connectivity index (χ2v) is 6.20. The highest BCUT2D eigenvalue weighted by Crippen LogP contribution is 2.23. The highest BCUT2D eigenvalue weighted by atomic mass is 19.1. The number of carbonyl (C=O) groups excluding carboxylic acids is 1. The van der Waals surface area contributed by atoms with Crippen molar-refractivity contribution in [2.24, 2.45) is 5.92 Å². The van der Waals surface area contributed by atoms with Crippen LogP contribution in [0, 0.1) is 11.7 Å². The van der Waals surface area contributed by atoms with Gasteiger partial charge in [0.2, 0.25) is 5.91 Å². The van der Waals surface area contributed by atoms with E-state index in [4.69, 9.17) is 0 Å². The Labute approximate surface area is 120 Å². The summed E-state index contributed by atoms with van der Waals surface area (Å²) in [7, 11) is 0. The summed E-state index contributed by atoms with van der Waals surface area (Å²) in [6.45, 7) is 6.78. The maximum atomic E-state index is 13.3. The smallest absolute Gasteiger partial charge is 0.223 e. The van der Waals surface area contributed by atoms with E-state index in [-0.39, 0.29) is 17.6 Å². The minimum atomic E-state index is -0.562. The number of halogens is 1. The Kier molecular flexibility index (Phi) is 4.43. The average Bonchev–Trinajstić information content (AvgIpc) is 2.38. The summed E-state index contributed by atoms with van der Waals surface area (Å²) in [6.07, 6.45) is 1.71. The van der Waals surface area contributed by atoms with Crippen molar-refractivity contribution in [2.45, 2.75) is 45.2 Å². The molecule has 1 aromatic carbocycles. The molecule has 1 fully saturated rings. The van der Waals surface area contributed by atoms with Crippen LogP contribution >= 0.6 is 0 Å². The third kappa shape index (κ3) is 3.57. The third-order valence-electron chi connectivity index (χ3n) is 3.98. The second-order valence-electron chi connectivity index (χ2n) is 6.20. The Balaban J connectivity index is 2.05. The van der Waals surface area contributed by atoms with Crippen molar-refractivity contribution in [1.82, 2.24) is 10.6 Å². The van der Waals surface area contributed by atoms with E-state index in [2.05, 4.69) is 17.6 Å². The van der Waals surface area contributed by atoms with Crippen molar-refractivity contribution in [1.29, 1.82) is 0 Å². The standard InChI is InChI=1S/C16H23FN2O/c1-11-9-12(7-8-18-11)15(20)19-16(2,3)13-5-4-6-14(17)10-13/h4-6,10-12,18H,7-9H2,1-3H3,(H,19,20)/t11-,12-/m0/s1. The Bertz CT molecular complexity index is 487. The zero-order chi connectivity index (χ0) is 14.8. The molecule has 1 saturated heterocycles.